The number of rotatable bonds is 6. The van der Waals surface area contributed by atoms with Gasteiger partial charge in [-0.3, -0.25) is 0 Å². The van der Waals surface area contributed by atoms with Gasteiger partial charge in [0.05, 0.1) is 0 Å². The molecule has 0 bridgehead atoms. The van der Waals surface area contributed by atoms with Crippen LogP contribution in [-0.2, 0) is 6.42 Å². The summed E-state index contributed by atoms with van der Waals surface area (Å²) in [7, 11) is 4.26. The second-order valence-corrected chi connectivity index (χ2v) is 5.84. The van der Waals surface area contributed by atoms with Gasteiger partial charge >= 0.3 is 0 Å². The third kappa shape index (κ3) is 3.71. The lowest BCUT2D eigenvalue weighted by Gasteiger charge is -2.15. The lowest BCUT2D eigenvalue weighted by atomic mass is 10.1. The lowest BCUT2D eigenvalue weighted by molar-refractivity contribution is 0.387. The van der Waals surface area contributed by atoms with E-state index in [0.29, 0.717) is 6.04 Å². The summed E-state index contributed by atoms with van der Waals surface area (Å²) in [6.45, 7) is 2.29. The standard InChI is InChI=1S/C15H23ClN2/c1-18(2)10-4-3-9-17-15-8-5-12-11-13(16)6-7-14(12)15/h6-7,11,15,17H,3-5,8-10H2,1-2H3. The van der Waals surface area contributed by atoms with Gasteiger partial charge in [-0.15, -0.1) is 0 Å². The Morgan fingerprint density at radius 3 is 2.94 bits per heavy atom. The average Bonchev–Trinajstić information content (AvgIpc) is 2.70. The Kier molecular flexibility index (Phi) is 5.04. The third-order valence-electron chi connectivity index (χ3n) is 3.61. The molecule has 1 N–H and O–H groups in total. The number of nitrogens with one attached hydrogen (secondary N) is 1. The number of nitrogens with zero attached hydrogens (tertiary/aromatic N) is 1. The molecule has 0 heterocycles. The highest BCUT2D eigenvalue weighted by molar-refractivity contribution is 6.30. The minimum Gasteiger partial charge on any atom is -0.310 e. The van der Waals surface area contributed by atoms with Crippen LogP contribution in [0.4, 0.5) is 0 Å². The first-order valence-electron chi connectivity index (χ1n) is 6.83. The summed E-state index contributed by atoms with van der Waals surface area (Å²) in [5.74, 6) is 0. The number of hydrogen-bond acceptors (Lipinski definition) is 2. The quantitative estimate of drug-likeness (QED) is 0.795. The fourth-order valence-corrected chi connectivity index (χ4v) is 2.82. The highest BCUT2D eigenvalue weighted by Crippen LogP contribution is 2.32. The largest absolute Gasteiger partial charge is 0.310 e. The monoisotopic (exact) mass is 266 g/mol. The predicted octanol–water partition coefficient (Wildman–Crippen LogP) is 3.26. The fraction of sp³-hybridized carbons (Fsp3) is 0.600. The molecule has 0 amide bonds. The summed E-state index contributed by atoms with van der Waals surface area (Å²) in [6.07, 6.45) is 4.88. The van der Waals surface area contributed by atoms with Crippen LogP contribution in [0.25, 0.3) is 0 Å². The van der Waals surface area contributed by atoms with Gasteiger partial charge in [0.2, 0.25) is 0 Å². The van der Waals surface area contributed by atoms with E-state index in [-0.39, 0.29) is 0 Å². The minimum atomic E-state index is 0.539. The molecule has 0 aliphatic heterocycles. The SMILES string of the molecule is CN(C)CCCCNC1CCc2cc(Cl)ccc21. The molecule has 0 aromatic heterocycles. The van der Waals surface area contributed by atoms with Crippen LogP contribution in [0.15, 0.2) is 18.2 Å². The summed E-state index contributed by atoms with van der Waals surface area (Å²) >= 11 is 6.02. The van der Waals surface area contributed by atoms with E-state index in [0.717, 1.165) is 18.0 Å². The maximum Gasteiger partial charge on any atom is 0.0408 e. The van der Waals surface area contributed by atoms with Gasteiger partial charge in [0.25, 0.3) is 0 Å². The predicted molar refractivity (Wildman–Crippen MR) is 78.3 cm³/mol. The molecule has 3 heteroatoms. The topological polar surface area (TPSA) is 15.3 Å². The molecule has 18 heavy (non-hydrogen) atoms. The maximum atomic E-state index is 6.02. The molecule has 2 rings (SSSR count). The molecule has 1 aromatic carbocycles. The van der Waals surface area contributed by atoms with Crippen molar-refractivity contribution >= 4 is 11.6 Å². The summed E-state index contributed by atoms with van der Waals surface area (Å²) in [5.41, 5.74) is 2.88. The molecule has 2 nitrogen and oxygen atoms in total. The first-order valence-corrected chi connectivity index (χ1v) is 7.21. The molecule has 1 aromatic rings. The van der Waals surface area contributed by atoms with Crippen molar-refractivity contribution in [3.8, 4) is 0 Å². The molecule has 0 radical (unpaired) electrons. The number of aryl methyl sites for hydroxylation is 1. The zero-order chi connectivity index (χ0) is 13.0. The minimum absolute atomic E-state index is 0.539. The smallest absolute Gasteiger partial charge is 0.0408 e. The van der Waals surface area contributed by atoms with Crippen molar-refractivity contribution in [3.05, 3.63) is 34.3 Å². The van der Waals surface area contributed by atoms with Crippen molar-refractivity contribution in [1.82, 2.24) is 10.2 Å². The van der Waals surface area contributed by atoms with Crippen LogP contribution >= 0.6 is 11.6 Å². The number of hydrogen-bond donors (Lipinski definition) is 1. The van der Waals surface area contributed by atoms with E-state index in [1.165, 1.54) is 36.9 Å². The van der Waals surface area contributed by atoms with Crippen molar-refractivity contribution in [1.29, 1.82) is 0 Å². The molecule has 0 saturated heterocycles. The van der Waals surface area contributed by atoms with Crippen LogP contribution < -0.4 is 5.32 Å². The Balaban J connectivity index is 1.76. The summed E-state index contributed by atoms with van der Waals surface area (Å²) in [6, 6.07) is 6.84. The highest BCUT2D eigenvalue weighted by atomic mass is 35.5. The van der Waals surface area contributed by atoms with Crippen LogP contribution in [0.1, 0.15) is 36.4 Å². The van der Waals surface area contributed by atoms with Gasteiger partial charge in [0, 0.05) is 11.1 Å². The molecule has 1 aliphatic rings. The van der Waals surface area contributed by atoms with Gasteiger partial charge < -0.3 is 10.2 Å². The molecule has 0 spiro atoms. The Bertz CT molecular complexity index is 390. The molecule has 0 fully saturated rings. The molecule has 100 valence electrons. The van der Waals surface area contributed by atoms with Crippen LogP contribution in [0.5, 0.6) is 0 Å². The van der Waals surface area contributed by atoms with E-state index in [1.54, 1.807) is 0 Å². The van der Waals surface area contributed by atoms with Gasteiger partial charge in [0.15, 0.2) is 0 Å². The van der Waals surface area contributed by atoms with Crippen LogP contribution in [-0.4, -0.2) is 32.1 Å². The van der Waals surface area contributed by atoms with E-state index >= 15 is 0 Å². The molecule has 1 atom stereocenters. The van der Waals surface area contributed by atoms with Crippen molar-refractivity contribution in [2.75, 3.05) is 27.2 Å². The number of unbranched alkanes of at least 4 members (excludes halogenated alkanes) is 1. The Hall–Kier alpha value is -0.570. The van der Waals surface area contributed by atoms with Crippen LogP contribution in [0, 0.1) is 0 Å². The van der Waals surface area contributed by atoms with E-state index in [9.17, 15) is 0 Å². The maximum absolute atomic E-state index is 6.02. The summed E-state index contributed by atoms with van der Waals surface area (Å²) < 4.78 is 0. The van der Waals surface area contributed by atoms with Crippen molar-refractivity contribution < 1.29 is 0 Å². The van der Waals surface area contributed by atoms with Gasteiger partial charge in [0.1, 0.15) is 0 Å². The normalized spacial score (nSPS) is 18.3. The number of benzene rings is 1. The zero-order valence-corrected chi connectivity index (χ0v) is 12.1. The Morgan fingerprint density at radius 2 is 2.17 bits per heavy atom. The first kappa shape index (κ1) is 13.9. The van der Waals surface area contributed by atoms with Crippen molar-refractivity contribution in [2.45, 2.75) is 31.7 Å². The average molecular weight is 267 g/mol. The van der Waals surface area contributed by atoms with Gasteiger partial charge in [-0.25, -0.2) is 0 Å². The summed E-state index contributed by atoms with van der Waals surface area (Å²) in [4.78, 5) is 2.24. The van der Waals surface area contributed by atoms with Gasteiger partial charge in [-0.05, 0) is 76.1 Å². The van der Waals surface area contributed by atoms with Gasteiger partial charge in [-0.2, -0.15) is 0 Å². The second-order valence-electron chi connectivity index (χ2n) is 5.40. The Morgan fingerprint density at radius 1 is 1.33 bits per heavy atom. The van der Waals surface area contributed by atoms with E-state index in [4.69, 9.17) is 11.6 Å². The molecule has 0 saturated carbocycles. The molecular formula is C15H23ClN2. The molecule has 1 unspecified atom stereocenters. The third-order valence-corrected chi connectivity index (χ3v) is 3.84. The van der Waals surface area contributed by atoms with Gasteiger partial charge in [-0.1, -0.05) is 17.7 Å². The van der Waals surface area contributed by atoms with Crippen molar-refractivity contribution in [2.24, 2.45) is 0 Å². The summed E-state index contributed by atoms with van der Waals surface area (Å²) in [5, 5.41) is 4.53. The second kappa shape index (κ2) is 6.55. The highest BCUT2D eigenvalue weighted by Gasteiger charge is 2.21. The van der Waals surface area contributed by atoms with Crippen LogP contribution in [0.3, 0.4) is 0 Å². The van der Waals surface area contributed by atoms with E-state index in [1.807, 2.05) is 6.07 Å². The zero-order valence-electron chi connectivity index (χ0n) is 11.4. The van der Waals surface area contributed by atoms with Crippen LogP contribution in [0.2, 0.25) is 5.02 Å². The fourth-order valence-electron chi connectivity index (χ4n) is 2.63. The number of fused-ring (bicyclic) bond motifs is 1. The Labute approximate surface area is 115 Å². The van der Waals surface area contributed by atoms with E-state index in [2.05, 4.69) is 36.4 Å². The lowest BCUT2D eigenvalue weighted by Crippen LogP contribution is -2.21. The number of halogens is 1. The molecular weight excluding hydrogens is 244 g/mol. The molecule has 1 aliphatic carbocycles. The first-order chi connectivity index (χ1) is 8.66. The van der Waals surface area contributed by atoms with Crippen molar-refractivity contribution in [3.63, 3.8) is 0 Å². The van der Waals surface area contributed by atoms with E-state index < -0.39 is 0 Å².